The highest BCUT2D eigenvalue weighted by Gasteiger charge is 2.19. The first kappa shape index (κ1) is 12.2. The van der Waals surface area contributed by atoms with E-state index in [1.165, 1.54) is 6.07 Å². The maximum atomic E-state index is 12.0. The van der Waals surface area contributed by atoms with Crippen LogP contribution >= 0.6 is 27.5 Å². The summed E-state index contributed by atoms with van der Waals surface area (Å²) in [7, 11) is 0. The van der Waals surface area contributed by atoms with Crippen molar-refractivity contribution in [3.05, 3.63) is 27.2 Å². The van der Waals surface area contributed by atoms with Crippen LogP contribution in [0.15, 0.2) is 16.6 Å². The molecule has 1 aromatic carbocycles. The molecular formula is C8H4BrClF2O3. The Labute approximate surface area is 96.7 Å². The van der Waals surface area contributed by atoms with Gasteiger partial charge in [0.1, 0.15) is 5.56 Å². The van der Waals surface area contributed by atoms with E-state index >= 15 is 0 Å². The van der Waals surface area contributed by atoms with Gasteiger partial charge >= 0.3 is 12.6 Å². The van der Waals surface area contributed by atoms with Gasteiger partial charge in [-0.15, -0.1) is 0 Å². The third kappa shape index (κ3) is 3.04. The molecule has 0 aromatic heterocycles. The van der Waals surface area contributed by atoms with Crippen LogP contribution in [0.3, 0.4) is 0 Å². The van der Waals surface area contributed by atoms with Crippen molar-refractivity contribution in [1.82, 2.24) is 0 Å². The molecule has 0 aliphatic heterocycles. The first-order valence-corrected chi connectivity index (χ1v) is 4.76. The van der Waals surface area contributed by atoms with E-state index in [1.807, 2.05) is 0 Å². The Morgan fingerprint density at radius 1 is 1.53 bits per heavy atom. The normalized spacial score (nSPS) is 10.5. The average molecular weight is 301 g/mol. The minimum atomic E-state index is -3.10. The van der Waals surface area contributed by atoms with Crippen molar-refractivity contribution >= 4 is 33.5 Å². The lowest BCUT2D eigenvalue weighted by Gasteiger charge is -2.10. The molecule has 0 saturated heterocycles. The number of aromatic carboxylic acids is 1. The summed E-state index contributed by atoms with van der Waals surface area (Å²) >= 11 is 8.45. The number of benzene rings is 1. The molecule has 0 bridgehead atoms. The fourth-order valence-corrected chi connectivity index (χ4v) is 1.83. The van der Waals surface area contributed by atoms with Gasteiger partial charge in [-0.3, -0.25) is 0 Å². The lowest BCUT2D eigenvalue weighted by atomic mass is 10.2. The third-order valence-corrected chi connectivity index (χ3v) is 2.25. The molecule has 1 rings (SSSR count). The van der Waals surface area contributed by atoms with Crippen molar-refractivity contribution in [2.45, 2.75) is 6.61 Å². The molecule has 0 spiro atoms. The molecule has 0 amide bonds. The number of halogens is 4. The van der Waals surface area contributed by atoms with Crippen LogP contribution in [0.1, 0.15) is 10.4 Å². The van der Waals surface area contributed by atoms with E-state index < -0.39 is 23.9 Å². The quantitative estimate of drug-likeness (QED) is 0.930. The summed E-state index contributed by atoms with van der Waals surface area (Å²) < 4.78 is 28.1. The van der Waals surface area contributed by atoms with Crippen molar-refractivity contribution in [2.24, 2.45) is 0 Å². The van der Waals surface area contributed by atoms with E-state index in [9.17, 15) is 13.6 Å². The van der Waals surface area contributed by atoms with E-state index in [0.29, 0.717) is 0 Å². The molecule has 0 aliphatic carbocycles. The number of rotatable bonds is 3. The van der Waals surface area contributed by atoms with Crippen LogP contribution in [0.25, 0.3) is 0 Å². The van der Waals surface area contributed by atoms with Crippen LogP contribution in [0.2, 0.25) is 5.02 Å². The van der Waals surface area contributed by atoms with Crippen LogP contribution in [-0.4, -0.2) is 17.7 Å². The Bertz CT molecular complexity index is 398. The predicted molar refractivity (Wildman–Crippen MR) is 52.7 cm³/mol. The molecule has 0 aliphatic rings. The molecule has 15 heavy (non-hydrogen) atoms. The summed E-state index contributed by atoms with van der Waals surface area (Å²) in [4.78, 5) is 10.7. The van der Waals surface area contributed by atoms with Crippen molar-refractivity contribution in [3.8, 4) is 5.75 Å². The summed E-state index contributed by atoms with van der Waals surface area (Å²) in [5, 5.41) is 8.83. The number of alkyl halides is 2. The largest absolute Gasteiger partial charge is 0.478 e. The lowest BCUT2D eigenvalue weighted by Crippen LogP contribution is -2.08. The van der Waals surface area contributed by atoms with Crippen molar-refractivity contribution in [1.29, 1.82) is 0 Å². The van der Waals surface area contributed by atoms with Crippen LogP contribution in [-0.2, 0) is 0 Å². The minimum absolute atomic E-state index is 0.0627. The zero-order chi connectivity index (χ0) is 11.6. The van der Waals surface area contributed by atoms with Gasteiger partial charge in [0.05, 0.1) is 4.47 Å². The molecule has 0 radical (unpaired) electrons. The first-order valence-electron chi connectivity index (χ1n) is 3.59. The van der Waals surface area contributed by atoms with Crippen LogP contribution in [0.5, 0.6) is 5.75 Å². The topological polar surface area (TPSA) is 46.5 Å². The predicted octanol–water partition coefficient (Wildman–Crippen LogP) is 3.40. The second-order valence-electron chi connectivity index (χ2n) is 2.45. The standard InChI is InChI=1S/C8H4BrClF2O3/c9-5-2-3(10)1-4(7(13)14)6(5)15-8(11)12/h1-2,8H,(H,13,14). The maximum absolute atomic E-state index is 12.0. The number of hydrogen-bond donors (Lipinski definition) is 1. The molecule has 1 N–H and O–H groups in total. The molecule has 1 aromatic rings. The first-order chi connectivity index (χ1) is 6.91. The Kier molecular flexibility index (Phi) is 3.87. The van der Waals surface area contributed by atoms with E-state index in [2.05, 4.69) is 20.7 Å². The molecular weight excluding hydrogens is 297 g/mol. The minimum Gasteiger partial charge on any atom is -0.478 e. The number of carboxylic acids is 1. The average Bonchev–Trinajstić information content (AvgIpc) is 2.08. The van der Waals surface area contributed by atoms with Gasteiger partial charge in [-0.1, -0.05) is 11.6 Å². The van der Waals surface area contributed by atoms with Crippen LogP contribution in [0.4, 0.5) is 8.78 Å². The molecule has 0 heterocycles. The van der Waals surface area contributed by atoms with Gasteiger partial charge < -0.3 is 9.84 Å². The van der Waals surface area contributed by atoms with E-state index in [4.69, 9.17) is 16.7 Å². The number of carbonyl (C=O) groups is 1. The van der Waals surface area contributed by atoms with E-state index in [0.717, 1.165) is 6.07 Å². The number of ether oxygens (including phenoxy) is 1. The second kappa shape index (κ2) is 4.76. The van der Waals surface area contributed by atoms with Gasteiger partial charge in [0, 0.05) is 5.02 Å². The highest BCUT2D eigenvalue weighted by atomic mass is 79.9. The Morgan fingerprint density at radius 2 is 2.13 bits per heavy atom. The van der Waals surface area contributed by atoms with Gasteiger partial charge in [0.25, 0.3) is 0 Å². The van der Waals surface area contributed by atoms with Gasteiger partial charge in [0.15, 0.2) is 5.75 Å². The molecule has 3 nitrogen and oxygen atoms in total. The molecule has 0 fully saturated rings. The van der Waals surface area contributed by atoms with Gasteiger partial charge in [-0.05, 0) is 28.1 Å². The third-order valence-electron chi connectivity index (χ3n) is 1.45. The summed E-state index contributed by atoms with van der Waals surface area (Å²) in [5.41, 5.74) is -0.422. The van der Waals surface area contributed by atoms with Crippen molar-refractivity contribution in [2.75, 3.05) is 0 Å². The van der Waals surface area contributed by atoms with Crippen LogP contribution < -0.4 is 4.74 Å². The Hall–Kier alpha value is -0.880. The van der Waals surface area contributed by atoms with Gasteiger partial charge in [0.2, 0.25) is 0 Å². The monoisotopic (exact) mass is 300 g/mol. The highest BCUT2D eigenvalue weighted by molar-refractivity contribution is 9.10. The highest BCUT2D eigenvalue weighted by Crippen LogP contribution is 2.33. The maximum Gasteiger partial charge on any atom is 0.387 e. The van der Waals surface area contributed by atoms with Crippen LogP contribution in [0, 0.1) is 0 Å². The smallest absolute Gasteiger partial charge is 0.387 e. The summed E-state index contributed by atoms with van der Waals surface area (Å²) in [6, 6.07) is 2.30. The van der Waals surface area contributed by atoms with Crippen molar-refractivity contribution < 1.29 is 23.4 Å². The molecule has 82 valence electrons. The fraction of sp³-hybridized carbons (Fsp3) is 0.125. The van der Waals surface area contributed by atoms with Crippen molar-refractivity contribution in [3.63, 3.8) is 0 Å². The Morgan fingerprint density at radius 3 is 2.60 bits per heavy atom. The second-order valence-corrected chi connectivity index (χ2v) is 3.74. The summed E-state index contributed by atoms with van der Waals surface area (Å²) in [6.07, 6.45) is 0. The fourth-order valence-electron chi connectivity index (χ4n) is 0.928. The van der Waals surface area contributed by atoms with Gasteiger partial charge in [-0.2, -0.15) is 8.78 Å². The SMILES string of the molecule is O=C(O)c1cc(Cl)cc(Br)c1OC(F)F. The summed E-state index contributed by atoms with van der Waals surface area (Å²) in [5.74, 6) is -1.84. The van der Waals surface area contributed by atoms with E-state index in [1.54, 1.807) is 0 Å². The number of carboxylic acid groups (broad SMARTS) is 1. The number of hydrogen-bond acceptors (Lipinski definition) is 2. The molecule has 0 unspecified atom stereocenters. The Balaban J connectivity index is 3.27. The lowest BCUT2D eigenvalue weighted by molar-refractivity contribution is -0.0508. The van der Waals surface area contributed by atoms with E-state index in [-0.39, 0.29) is 9.50 Å². The summed E-state index contributed by atoms with van der Waals surface area (Å²) in [6.45, 7) is -3.10. The van der Waals surface area contributed by atoms with Gasteiger partial charge in [-0.25, -0.2) is 4.79 Å². The molecule has 0 atom stereocenters. The zero-order valence-corrected chi connectivity index (χ0v) is 9.35. The molecule has 0 saturated carbocycles. The molecule has 7 heteroatoms. The zero-order valence-electron chi connectivity index (χ0n) is 7.01.